The Kier molecular flexibility index (Phi) is 4.99. The van der Waals surface area contributed by atoms with Gasteiger partial charge in [0.2, 0.25) is 0 Å². The second-order valence-corrected chi connectivity index (χ2v) is 5.75. The minimum Gasteiger partial charge on any atom is -0.462 e. The summed E-state index contributed by atoms with van der Waals surface area (Å²) in [5, 5.41) is 16.3. The number of esters is 1. The first kappa shape index (κ1) is 17.6. The van der Waals surface area contributed by atoms with Crippen molar-refractivity contribution >= 4 is 23.3 Å². The van der Waals surface area contributed by atoms with Crippen LogP contribution in [0.3, 0.4) is 0 Å². The molecule has 132 valence electrons. The summed E-state index contributed by atoms with van der Waals surface area (Å²) in [6.07, 6.45) is 1.48. The van der Waals surface area contributed by atoms with Gasteiger partial charge in [0.15, 0.2) is 0 Å². The number of carbonyl (C=O) groups excluding carboxylic acids is 1. The Morgan fingerprint density at radius 1 is 1.27 bits per heavy atom. The standard InChI is InChI=1S/C18H14ClN3O4/c1-2-26-18(23)15-11-21(13-7-5-6-12(19)10-13)20-17(15)14-8-3-4-9-16(14)22(24)25/h3-11H,2H2,1H3. The van der Waals surface area contributed by atoms with Crippen LogP contribution in [0.25, 0.3) is 16.9 Å². The molecule has 1 aromatic heterocycles. The van der Waals surface area contributed by atoms with Gasteiger partial charge in [-0.3, -0.25) is 10.1 Å². The predicted molar refractivity (Wildman–Crippen MR) is 96.6 cm³/mol. The summed E-state index contributed by atoms with van der Waals surface area (Å²) in [6.45, 7) is 1.86. The summed E-state index contributed by atoms with van der Waals surface area (Å²) >= 11 is 6.02. The number of nitro groups is 1. The van der Waals surface area contributed by atoms with Gasteiger partial charge in [-0.1, -0.05) is 29.8 Å². The molecule has 0 aliphatic rings. The Morgan fingerprint density at radius 3 is 2.73 bits per heavy atom. The number of aromatic nitrogens is 2. The van der Waals surface area contributed by atoms with Crippen LogP contribution in [-0.2, 0) is 4.74 Å². The number of halogens is 1. The molecule has 0 atom stereocenters. The van der Waals surface area contributed by atoms with Crippen LogP contribution >= 0.6 is 11.6 Å². The smallest absolute Gasteiger partial charge is 0.342 e. The summed E-state index contributed by atoms with van der Waals surface area (Å²) in [4.78, 5) is 23.2. The molecule has 7 nitrogen and oxygen atoms in total. The maximum Gasteiger partial charge on any atom is 0.342 e. The Bertz CT molecular complexity index is 984. The number of nitro benzene ring substituents is 1. The van der Waals surface area contributed by atoms with Gasteiger partial charge < -0.3 is 4.74 Å². The molecule has 0 saturated heterocycles. The van der Waals surface area contributed by atoms with Gasteiger partial charge in [-0.2, -0.15) is 5.10 Å². The van der Waals surface area contributed by atoms with Crippen LogP contribution in [0, 0.1) is 10.1 Å². The molecule has 3 aromatic rings. The number of ether oxygens (including phenoxy) is 1. The molecule has 1 heterocycles. The molecule has 0 amide bonds. The molecule has 0 radical (unpaired) electrons. The van der Waals surface area contributed by atoms with Crippen molar-refractivity contribution in [2.24, 2.45) is 0 Å². The van der Waals surface area contributed by atoms with E-state index >= 15 is 0 Å². The third-order valence-electron chi connectivity index (χ3n) is 3.64. The third kappa shape index (κ3) is 3.43. The van der Waals surface area contributed by atoms with Crippen molar-refractivity contribution in [2.75, 3.05) is 6.61 Å². The summed E-state index contributed by atoms with van der Waals surface area (Å²) in [7, 11) is 0. The first-order valence-electron chi connectivity index (χ1n) is 7.77. The molecule has 0 unspecified atom stereocenters. The van der Waals surface area contributed by atoms with Gasteiger partial charge in [-0.05, 0) is 31.2 Å². The van der Waals surface area contributed by atoms with Crippen LogP contribution < -0.4 is 0 Å². The second kappa shape index (κ2) is 7.37. The van der Waals surface area contributed by atoms with Crippen molar-refractivity contribution in [2.45, 2.75) is 6.92 Å². The zero-order valence-corrected chi connectivity index (χ0v) is 14.5. The summed E-state index contributed by atoms with van der Waals surface area (Å²) in [5.41, 5.74) is 1.03. The van der Waals surface area contributed by atoms with E-state index in [1.54, 1.807) is 49.4 Å². The molecule has 0 saturated carbocycles. The van der Waals surface area contributed by atoms with E-state index in [1.807, 2.05) is 0 Å². The van der Waals surface area contributed by atoms with Crippen LogP contribution in [0.1, 0.15) is 17.3 Å². The number of carbonyl (C=O) groups is 1. The van der Waals surface area contributed by atoms with E-state index in [0.29, 0.717) is 10.7 Å². The van der Waals surface area contributed by atoms with E-state index in [-0.39, 0.29) is 29.1 Å². The highest BCUT2D eigenvalue weighted by molar-refractivity contribution is 6.30. The van der Waals surface area contributed by atoms with Crippen LogP contribution in [0.5, 0.6) is 0 Å². The highest BCUT2D eigenvalue weighted by Gasteiger charge is 2.25. The lowest BCUT2D eigenvalue weighted by molar-refractivity contribution is -0.384. The topological polar surface area (TPSA) is 87.3 Å². The average Bonchev–Trinajstić information content (AvgIpc) is 3.07. The van der Waals surface area contributed by atoms with Crippen molar-refractivity contribution < 1.29 is 14.5 Å². The zero-order chi connectivity index (χ0) is 18.7. The Morgan fingerprint density at radius 2 is 2.04 bits per heavy atom. The fraction of sp³-hybridized carbons (Fsp3) is 0.111. The maximum absolute atomic E-state index is 12.4. The minimum absolute atomic E-state index is 0.140. The lowest BCUT2D eigenvalue weighted by Gasteiger charge is -2.03. The number of nitrogens with zero attached hydrogens (tertiary/aromatic N) is 3. The zero-order valence-electron chi connectivity index (χ0n) is 13.8. The summed E-state index contributed by atoms with van der Waals surface area (Å²) < 4.78 is 6.52. The average molecular weight is 372 g/mol. The van der Waals surface area contributed by atoms with E-state index in [9.17, 15) is 14.9 Å². The van der Waals surface area contributed by atoms with Crippen LogP contribution in [-0.4, -0.2) is 27.3 Å². The number of para-hydroxylation sites is 1. The fourth-order valence-corrected chi connectivity index (χ4v) is 2.70. The molecule has 8 heteroatoms. The normalized spacial score (nSPS) is 10.5. The lowest BCUT2D eigenvalue weighted by atomic mass is 10.1. The van der Waals surface area contributed by atoms with Crippen molar-refractivity contribution in [3.63, 3.8) is 0 Å². The molecule has 3 rings (SSSR count). The Labute approximate surface area is 153 Å². The molecular formula is C18H14ClN3O4. The van der Waals surface area contributed by atoms with Gasteiger partial charge in [0.05, 0.1) is 22.8 Å². The Hall–Kier alpha value is -3.19. The lowest BCUT2D eigenvalue weighted by Crippen LogP contribution is -2.05. The van der Waals surface area contributed by atoms with E-state index < -0.39 is 10.9 Å². The molecule has 26 heavy (non-hydrogen) atoms. The molecular weight excluding hydrogens is 358 g/mol. The fourth-order valence-electron chi connectivity index (χ4n) is 2.52. The summed E-state index contributed by atoms with van der Waals surface area (Å²) in [6, 6.07) is 13.0. The second-order valence-electron chi connectivity index (χ2n) is 5.31. The van der Waals surface area contributed by atoms with Crippen molar-refractivity contribution in [3.8, 4) is 16.9 Å². The number of benzene rings is 2. The molecule has 0 N–H and O–H groups in total. The quantitative estimate of drug-likeness (QED) is 0.379. The minimum atomic E-state index is -0.603. The van der Waals surface area contributed by atoms with Crippen LogP contribution in [0.15, 0.2) is 54.7 Å². The highest BCUT2D eigenvalue weighted by atomic mass is 35.5. The number of hydrogen-bond acceptors (Lipinski definition) is 5. The number of rotatable bonds is 5. The molecule has 0 bridgehead atoms. The molecule has 0 spiro atoms. The number of hydrogen-bond donors (Lipinski definition) is 0. The monoisotopic (exact) mass is 371 g/mol. The SMILES string of the molecule is CCOC(=O)c1cn(-c2cccc(Cl)c2)nc1-c1ccccc1[N+](=O)[O-]. The van der Waals surface area contributed by atoms with E-state index in [0.717, 1.165) is 0 Å². The van der Waals surface area contributed by atoms with E-state index in [4.69, 9.17) is 16.3 Å². The largest absolute Gasteiger partial charge is 0.462 e. The summed E-state index contributed by atoms with van der Waals surface area (Å²) in [5.74, 6) is -0.603. The van der Waals surface area contributed by atoms with Gasteiger partial charge in [0.25, 0.3) is 5.69 Å². The van der Waals surface area contributed by atoms with Crippen molar-refractivity contribution in [1.82, 2.24) is 9.78 Å². The molecule has 2 aromatic carbocycles. The van der Waals surface area contributed by atoms with Gasteiger partial charge in [-0.15, -0.1) is 0 Å². The highest BCUT2D eigenvalue weighted by Crippen LogP contribution is 2.32. The van der Waals surface area contributed by atoms with E-state index in [1.165, 1.54) is 16.9 Å². The predicted octanol–water partition coefficient (Wildman–Crippen LogP) is 4.28. The van der Waals surface area contributed by atoms with Gasteiger partial charge in [0, 0.05) is 17.3 Å². The van der Waals surface area contributed by atoms with Crippen molar-refractivity contribution in [3.05, 3.63) is 75.4 Å². The first-order chi connectivity index (χ1) is 12.5. The van der Waals surface area contributed by atoms with Gasteiger partial charge in [0.1, 0.15) is 11.3 Å². The van der Waals surface area contributed by atoms with Gasteiger partial charge >= 0.3 is 5.97 Å². The first-order valence-corrected chi connectivity index (χ1v) is 8.15. The van der Waals surface area contributed by atoms with E-state index in [2.05, 4.69) is 5.10 Å². The van der Waals surface area contributed by atoms with Crippen LogP contribution in [0.4, 0.5) is 5.69 Å². The van der Waals surface area contributed by atoms with Crippen LogP contribution in [0.2, 0.25) is 5.02 Å². The molecule has 0 aliphatic heterocycles. The Balaban J connectivity index is 2.21. The van der Waals surface area contributed by atoms with Gasteiger partial charge in [-0.25, -0.2) is 9.48 Å². The maximum atomic E-state index is 12.4. The molecule has 0 aliphatic carbocycles. The van der Waals surface area contributed by atoms with Crippen molar-refractivity contribution in [1.29, 1.82) is 0 Å². The third-order valence-corrected chi connectivity index (χ3v) is 3.87. The molecule has 0 fully saturated rings.